The predicted molar refractivity (Wildman–Crippen MR) is 69.2 cm³/mol. The summed E-state index contributed by atoms with van der Waals surface area (Å²) >= 11 is 0. The normalized spacial score (nSPS) is 10.4. The summed E-state index contributed by atoms with van der Waals surface area (Å²) in [7, 11) is 0. The molecule has 0 bridgehead atoms. The van der Waals surface area contributed by atoms with Gasteiger partial charge < -0.3 is 10.2 Å². The van der Waals surface area contributed by atoms with Crippen molar-refractivity contribution in [1.29, 1.82) is 0 Å². The Balaban J connectivity index is 2.39. The average Bonchev–Trinajstić information content (AvgIpc) is 2.33. The van der Waals surface area contributed by atoms with Gasteiger partial charge in [0.1, 0.15) is 11.5 Å². The average molecular weight is 228 g/mol. The predicted octanol–water partition coefficient (Wildman–Crippen LogP) is 3.72. The summed E-state index contributed by atoms with van der Waals surface area (Å²) in [5.41, 5.74) is 3.07. The Morgan fingerprint density at radius 1 is 0.882 bits per heavy atom. The monoisotopic (exact) mass is 228 g/mol. The van der Waals surface area contributed by atoms with Crippen LogP contribution in [0, 0.1) is 0 Å². The number of benzene rings is 2. The molecule has 2 heteroatoms. The Hall–Kier alpha value is -1.96. The first-order valence-corrected chi connectivity index (χ1v) is 5.82. The molecule has 0 saturated heterocycles. The van der Waals surface area contributed by atoms with Crippen molar-refractivity contribution < 1.29 is 10.2 Å². The highest BCUT2D eigenvalue weighted by Gasteiger charge is 2.04. The van der Waals surface area contributed by atoms with Gasteiger partial charge in [-0.3, -0.25) is 0 Å². The fourth-order valence-corrected chi connectivity index (χ4v) is 1.89. The molecule has 2 N–H and O–H groups in total. The highest BCUT2D eigenvalue weighted by molar-refractivity contribution is 5.66. The van der Waals surface area contributed by atoms with Gasteiger partial charge in [0.15, 0.2) is 0 Å². The van der Waals surface area contributed by atoms with Gasteiger partial charge in [0.2, 0.25) is 0 Å². The Bertz CT molecular complexity index is 501. The Morgan fingerprint density at radius 3 is 2.18 bits per heavy atom. The smallest absolute Gasteiger partial charge is 0.118 e. The molecule has 0 atom stereocenters. The molecule has 2 aromatic rings. The van der Waals surface area contributed by atoms with E-state index in [9.17, 15) is 10.2 Å². The van der Waals surface area contributed by atoms with Crippen LogP contribution in [0.1, 0.15) is 18.9 Å². The van der Waals surface area contributed by atoms with Crippen molar-refractivity contribution in [3.63, 3.8) is 0 Å². The van der Waals surface area contributed by atoms with E-state index >= 15 is 0 Å². The zero-order chi connectivity index (χ0) is 12.3. The van der Waals surface area contributed by atoms with Crippen molar-refractivity contribution in [3.05, 3.63) is 48.0 Å². The molecule has 17 heavy (non-hydrogen) atoms. The molecule has 0 aromatic heterocycles. The van der Waals surface area contributed by atoms with Crippen molar-refractivity contribution >= 4 is 0 Å². The first kappa shape index (κ1) is 11.5. The Kier molecular flexibility index (Phi) is 3.33. The van der Waals surface area contributed by atoms with E-state index in [1.54, 1.807) is 18.2 Å². The first-order chi connectivity index (χ1) is 8.20. The molecule has 2 nitrogen and oxygen atoms in total. The van der Waals surface area contributed by atoms with Crippen LogP contribution in [0.3, 0.4) is 0 Å². The highest BCUT2D eigenvalue weighted by atomic mass is 16.3. The zero-order valence-electron chi connectivity index (χ0n) is 9.85. The lowest BCUT2D eigenvalue weighted by Crippen LogP contribution is -1.86. The zero-order valence-corrected chi connectivity index (χ0v) is 9.85. The van der Waals surface area contributed by atoms with Crippen LogP contribution in [0.2, 0.25) is 0 Å². The molecular formula is C15H16O2. The van der Waals surface area contributed by atoms with Crippen molar-refractivity contribution in [2.45, 2.75) is 19.8 Å². The largest absolute Gasteiger partial charge is 0.508 e. The molecule has 0 fully saturated rings. The minimum absolute atomic E-state index is 0.265. The van der Waals surface area contributed by atoms with Gasteiger partial charge in [-0.2, -0.15) is 0 Å². The number of aromatic hydroxyl groups is 2. The van der Waals surface area contributed by atoms with E-state index in [4.69, 9.17) is 0 Å². The van der Waals surface area contributed by atoms with Crippen LogP contribution in [0.15, 0.2) is 42.5 Å². The van der Waals surface area contributed by atoms with Crippen molar-refractivity contribution in [1.82, 2.24) is 0 Å². The van der Waals surface area contributed by atoms with E-state index in [0.29, 0.717) is 5.75 Å². The van der Waals surface area contributed by atoms with Gasteiger partial charge in [-0.15, -0.1) is 0 Å². The van der Waals surface area contributed by atoms with E-state index in [1.165, 1.54) is 0 Å². The fraction of sp³-hybridized carbons (Fsp3) is 0.200. The lowest BCUT2D eigenvalue weighted by molar-refractivity contribution is 0.467. The minimum Gasteiger partial charge on any atom is -0.508 e. The van der Waals surface area contributed by atoms with Crippen LogP contribution >= 0.6 is 0 Å². The van der Waals surface area contributed by atoms with Crippen LogP contribution < -0.4 is 0 Å². The molecular weight excluding hydrogens is 212 g/mol. The standard InChI is InChI=1S/C15H16O2/c1-2-3-13-10-12(6-9-15(13)17)11-4-7-14(16)8-5-11/h4-10,16-17H,2-3H2,1H3. The summed E-state index contributed by atoms with van der Waals surface area (Å²) in [5.74, 6) is 0.621. The molecule has 0 aliphatic heterocycles. The van der Waals surface area contributed by atoms with Crippen molar-refractivity contribution in [3.8, 4) is 22.6 Å². The second-order valence-corrected chi connectivity index (χ2v) is 4.14. The Morgan fingerprint density at radius 2 is 1.53 bits per heavy atom. The molecule has 2 aromatic carbocycles. The topological polar surface area (TPSA) is 40.5 Å². The summed E-state index contributed by atoms with van der Waals surface area (Å²) < 4.78 is 0. The van der Waals surface area contributed by atoms with Gasteiger partial charge in [-0.05, 0) is 47.4 Å². The third kappa shape index (κ3) is 2.59. The number of hydrogen-bond acceptors (Lipinski definition) is 2. The summed E-state index contributed by atoms with van der Waals surface area (Å²) in [6.07, 6.45) is 1.88. The summed E-state index contributed by atoms with van der Waals surface area (Å²) in [5, 5.41) is 19.0. The number of phenols is 2. The maximum absolute atomic E-state index is 9.72. The van der Waals surface area contributed by atoms with E-state index in [0.717, 1.165) is 29.5 Å². The van der Waals surface area contributed by atoms with Crippen molar-refractivity contribution in [2.75, 3.05) is 0 Å². The molecule has 0 amide bonds. The maximum Gasteiger partial charge on any atom is 0.118 e. The van der Waals surface area contributed by atoms with Gasteiger partial charge in [0.25, 0.3) is 0 Å². The lowest BCUT2D eigenvalue weighted by Gasteiger charge is -2.07. The molecule has 0 heterocycles. The second kappa shape index (κ2) is 4.91. The molecule has 0 saturated carbocycles. The minimum atomic E-state index is 0.265. The molecule has 0 aliphatic rings. The number of phenolic OH excluding ortho intramolecular Hbond substituents is 2. The van der Waals surface area contributed by atoms with E-state index < -0.39 is 0 Å². The van der Waals surface area contributed by atoms with Crippen LogP contribution in [-0.2, 0) is 6.42 Å². The van der Waals surface area contributed by atoms with Crippen LogP contribution in [0.25, 0.3) is 11.1 Å². The van der Waals surface area contributed by atoms with Crippen molar-refractivity contribution in [2.24, 2.45) is 0 Å². The number of aryl methyl sites for hydroxylation is 1. The maximum atomic E-state index is 9.72. The second-order valence-electron chi connectivity index (χ2n) is 4.14. The summed E-state index contributed by atoms with van der Waals surface area (Å²) in [4.78, 5) is 0. The number of rotatable bonds is 3. The van der Waals surface area contributed by atoms with Gasteiger partial charge in [0, 0.05) is 0 Å². The van der Waals surface area contributed by atoms with Gasteiger partial charge >= 0.3 is 0 Å². The number of hydrogen-bond donors (Lipinski definition) is 2. The van der Waals surface area contributed by atoms with Crippen LogP contribution in [0.5, 0.6) is 11.5 Å². The van der Waals surface area contributed by atoms with Crippen LogP contribution in [-0.4, -0.2) is 10.2 Å². The quantitative estimate of drug-likeness (QED) is 0.840. The van der Waals surface area contributed by atoms with Gasteiger partial charge in [-0.1, -0.05) is 31.5 Å². The highest BCUT2D eigenvalue weighted by Crippen LogP contribution is 2.27. The molecule has 2 rings (SSSR count). The SMILES string of the molecule is CCCc1cc(-c2ccc(O)cc2)ccc1O. The summed E-state index contributed by atoms with van der Waals surface area (Å²) in [6.45, 7) is 2.09. The molecule has 0 radical (unpaired) electrons. The van der Waals surface area contributed by atoms with Gasteiger partial charge in [0.05, 0.1) is 0 Å². The van der Waals surface area contributed by atoms with Gasteiger partial charge in [-0.25, -0.2) is 0 Å². The van der Waals surface area contributed by atoms with E-state index in [2.05, 4.69) is 6.92 Å². The molecule has 0 spiro atoms. The fourth-order valence-electron chi connectivity index (χ4n) is 1.89. The molecule has 88 valence electrons. The first-order valence-electron chi connectivity index (χ1n) is 5.82. The summed E-state index contributed by atoms with van der Waals surface area (Å²) in [6, 6.07) is 12.7. The van der Waals surface area contributed by atoms with E-state index in [-0.39, 0.29) is 5.75 Å². The van der Waals surface area contributed by atoms with E-state index in [1.807, 2.05) is 24.3 Å². The van der Waals surface area contributed by atoms with Crippen LogP contribution in [0.4, 0.5) is 0 Å². The molecule has 0 unspecified atom stereocenters. The third-order valence-electron chi connectivity index (χ3n) is 2.80. The lowest BCUT2D eigenvalue weighted by atomic mass is 10.0. The third-order valence-corrected chi connectivity index (χ3v) is 2.80. The Labute approximate surface area is 101 Å². The molecule has 0 aliphatic carbocycles.